The van der Waals surface area contributed by atoms with E-state index in [1.54, 1.807) is 27.7 Å². The molecule has 0 saturated carbocycles. The smallest absolute Gasteiger partial charge is 0.225 e. The van der Waals surface area contributed by atoms with E-state index in [1.807, 2.05) is 6.92 Å². The molecule has 3 aromatic rings. The normalized spacial score (nSPS) is 21.5. The van der Waals surface area contributed by atoms with Gasteiger partial charge in [0.15, 0.2) is 27.3 Å². The zero-order chi connectivity index (χ0) is 28.3. The van der Waals surface area contributed by atoms with E-state index in [0.717, 1.165) is 25.2 Å². The molecule has 14 heteroatoms. The van der Waals surface area contributed by atoms with E-state index < -0.39 is 26.7 Å². The molecule has 216 valence electrons. The molecule has 5 rings (SSSR count). The molecule has 2 aromatic heterocycles. The molecule has 2 aliphatic rings. The lowest BCUT2D eigenvalue weighted by molar-refractivity contribution is 0.0531. The Morgan fingerprint density at radius 2 is 1.82 bits per heavy atom. The summed E-state index contributed by atoms with van der Waals surface area (Å²) in [6, 6.07) is 5.32. The first kappa shape index (κ1) is 28.2. The third kappa shape index (κ3) is 5.74. The lowest BCUT2D eigenvalue weighted by Gasteiger charge is -2.37. The first-order valence-corrected chi connectivity index (χ1v) is 14.9. The first-order chi connectivity index (χ1) is 19.3. The van der Waals surface area contributed by atoms with Crippen LogP contribution in [-0.4, -0.2) is 85.0 Å². The van der Waals surface area contributed by atoms with E-state index in [0.29, 0.717) is 49.2 Å². The van der Waals surface area contributed by atoms with Crippen molar-refractivity contribution in [3.8, 4) is 17.2 Å². The van der Waals surface area contributed by atoms with Crippen LogP contribution in [0.5, 0.6) is 11.5 Å². The Balaban J connectivity index is 1.52. The van der Waals surface area contributed by atoms with E-state index in [2.05, 4.69) is 20.2 Å². The highest BCUT2D eigenvalue weighted by molar-refractivity contribution is 7.91. The fourth-order valence-corrected chi connectivity index (χ4v) is 6.96. The molecule has 3 atom stereocenters. The van der Waals surface area contributed by atoms with Gasteiger partial charge in [-0.25, -0.2) is 22.8 Å². The average Bonchev–Trinajstić information content (AvgIpc) is 3.63. The standard InChI is InChI=1S/C26H33FN6O6S/c1-4-38-18-11-19(15-32(14-18)26-28-12-17(27)13-29-26)40(34,35)16-23-30-31-25(22-9-6-10-39-22)33(23)24-20(36-2)7-5-8-21(24)37-3/h5,7-8,12-13,18-19,22H,4,6,9-11,14-16H2,1-3H3/t18-,19+,22-/m0/s1. The summed E-state index contributed by atoms with van der Waals surface area (Å²) >= 11 is 0. The van der Waals surface area contributed by atoms with E-state index in [-0.39, 0.29) is 30.5 Å². The number of rotatable bonds is 10. The summed E-state index contributed by atoms with van der Waals surface area (Å²) < 4.78 is 66.2. The number of hydrogen-bond donors (Lipinski definition) is 0. The molecule has 0 spiro atoms. The molecule has 0 aliphatic carbocycles. The van der Waals surface area contributed by atoms with Gasteiger partial charge in [0.2, 0.25) is 5.95 Å². The monoisotopic (exact) mass is 576 g/mol. The molecular weight excluding hydrogens is 543 g/mol. The molecule has 40 heavy (non-hydrogen) atoms. The number of para-hydroxylation sites is 1. The van der Waals surface area contributed by atoms with Crippen LogP contribution < -0.4 is 14.4 Å². The van der Waals surface area contributed by atoms with Crippen LogP contribution in [0.1, 0.15) is 43.9 Å². The number of sulfone groups is 1. The largest absolute Gasteiger partial charge is 0.494 e. The zero-order valence-corrected chi connectivity index (χ0v) is 23.5. The number of hydrogen-bond acceptors (Lipinski definition) is 11. The van der Waals surface area contributed by atoms with Gasteiger partial charge in [-0.05, 0) is 38.3 Å². The Hall–Kier alpha value is -3.36. The lowest BCUT2D eigenvalue weighted by atomic mass is 10.1. The predicted molar refractivity (Wildman–Crippen MR) is 143 cm³/mol. The van der Waals surface area contributed by atoms with E-state index in [9.17, 15) is 12.8 Å². The second-order valence-corrected chi connectivity index (χ2v) is 12.0. The summed E-state index contributed by atoms with van der Waals surface area (Å²) in [7, 11) is -0.745. The van der Waals surface area contributed by atoms with Gasteiger partial charge in [0, 0.05) is 26.3 Å². The molecule has 2 saturated heterocycles. The van der Waals surface area contributed by atoms with E-state index in [4.69, 9.17) is 18.9 Å². The Bertz CT molecular complexity index is 1390. The third-order valence-corrected chi connectivity index (χ3v) is 9.12. The van der Waals surface area contributed by atoms with Crippen LogP contribution in [0.3, 0.4) is 0 Å². The maximum atomic E-state index is 14.0. The van der Waals surface area contributed by atoms with Gasteiger partial charge < -0.3 is 23.8 Å². The minimum absolute atomic E-state index is 0.127. The van der Waals surface area contributed by atoms with Crippen molar-refractivity contribution >= 4 is 15.8 Å². The quantitative estimate of drug-likeness (QED) is 0.353. The Kier molecular flexibility index (Phi) is 8.47. The van der Waals surface area contributed by atoms with Gasteiger partial charge in [0.1, 0.15) is 29.0 Å². The van der Waals surface area contributed by atoms with Gasteiger partial charge in [-0.1, -0.05) is 6.07 Å². The Labute approximate surface area is 232 Å². The molecule has 0 bridgehead atoms. The van der Waals surface area contributed by atoms with Crippen molar-refractivity contribution in [1.29, 1.82) is 0 Å². The molecule has 0 radical (unpaired) electrons. The van der Waals surface area contributed by atoms with Crippen LogP contribution in [0.2, 0.25) is 0 Å². The maximum Gasteiger partial charge on any atom is 0.225 e. The van der Waals surface area contributed by atoms with Gasteiger partial charge in [-0.3, -0.25) is 4.57 Å². The number of halogens is 1. The van der Waals surface area contributed by atoms with Crippen LogP contribution in [0.15, 0.2) is 30.6 Å². The third-order valence-electron chi connectivity index (χ3n) is 7.10. The Morgan fingerprint density at radius 3 is 2.45 bits per heavy atom. The van der Waals surface area contributed by atoms with Crippen LogP contribution in [0, 0.1) is 5.82 Å². The fraction of sp³-hybridized carbons (Fsp3) is 0.538. The van der Waals surface area contributed by atoms with Crippen LogP contribution in [-0.2, 0) is 25.1 Å². The summed E-state index contributed by atoms with van der Waals surface area (Å²) in [6.07, 6.45) is 3.28. The number of ether oxygens (including phenoxy) is 4. The van der Waals surface area contributed by atoms with Crippen molar-refractivity contribution in [1.82, 2.24) is 24.7 Å². The van der Waals surface area contributed by atoms with Crippen molar-refractivity contribution in [3.05, 3.63) is 48.1 Å². The molecule has 0 N–H and O–H groups in total. The summed E-state index contributed by atoms with van der Waals surface area (Å²) in [5.41, 5.74) is 0.505. The summed E-state index contributed by atoms with van der Waals surface area (Å²) in [6.45, 7) is 3.37. The molecule has 4 heterocycles. The van der Waals surface area contributed by atoms with Crippen molar-refractivity contribution in [2.45, 2.75) is 49.4 Å². The highest BCUT2D eigenvalue weighted by Crippen LogP contribution is 2.38. The van der Waals surface area contributed by atoms with Crippen molar-refractivity contribution < 1.29 is 31.8 Å². The number of benzene rings is 1. The van der Waals surface area contributed by atoms with E-state index in [1.165, 1.54) is 14.2 Å². The number of anilines is 1. The number of methoxy groups -OCH3 is 2. The minimum Gasteiger partial charge on any atom is -0.494 e. The van der Waals surface area contributed by atoms with Gasteiger partial charge in [-0.2, -0.15) is 0 Å². The SMILES string of the molecule is CCO[C@H]1C[C@@H](S(=O)(=O)Cc2nnc([C@@H]3CCCO3)n2-c2c(OC)cccc2OC)CN(c2ncc(F)cn2)C1. The minimum atomic E-state index is -3.81. The second kappa shape index (κ2) is 12.0. The lowest BCUT2D eigenvalue weighted by Crippen LogP contribution is -2.50. The highest BCUT2D eigenvalue weighted by Gasteiger charge is 2.39. The number of aromatic nitrogens is 5. The molecule has 2 aliphatic heterocycles. The van der Waals surface area contributed by atoms with Crippen LogP contribution >= 0.6 is 0 Å². The molecule has 0 amide bonds. The second-order valence-electron chi connectivity index (χ2n) is 9.67. The van der Waals surface area contributed by atoms with Gasteiger partial charge in [0.25, 0.3) is 0 Å². The van der Waals surface area contributed by atoms with Crippen molar-refractivity contribution in [2.75, 3.05) is 45.4 Å². The molecule has 2 fully saturated rings. The van der Waals surface area contributed by atoms with Crippen LogP contribution in [0.4, 0.5) is 10.3 Å². The number of nitrogens with zero attached hydrogens (tertiary/aromatic N) is 6. The topological polar surface area (TPSA) is 131 Å². The van der Waals surface area contributed by atoms with E-state index >= 15 is 0 Å². The summed E-state index contributed by atoms with van der Waals surface area (Å²) in [5, 5.41) is 7.92. The first-order valence-electron chi connectivity index (χ1n) is 13.2. The van der Waals surface area contributed by atoms with Gasteiger partial charge >= 0.3 is 0 Å². The molecule has 12 nitrogen and oxygen atoms in total. The number of piperidine rings is 1. The van der Waals surface area contributed by atoms with Gasteiger partial charge in [0.05, 0.1) is 38.0 Å². The molecular formula is C26H33FN6O6S. The fourth-order valence-electron chi connectivity index (χ4n) is 5.26. The Morgan fingerprint density at radius 1 is 1.10 bits per heavy atom. The molecule has 0 unspecified atom stereocenters. The highest BCUT2D eigenvalue weighted by atomic mass is 32.2. The van der Waals surface area contributed by atoms with Crippen molar-refractivity contribution in [2.24, 2.45) is 0 Å². The molecule has 1 aromatic carbocycles. The zero-order valence-electron chi connectivity index (χ0n) is 22.7. The maximum absolute atomic E-state index is 14.0. The van der Waals surface area contributed by atoms with Crippen LogP contribution in [0.25, 0.3) is 5.69 Å². The van der Waals surface area contributed by atoms with Crippen molar-refractivity contribution in [3.63, 3.8) is 0 Å². The summed E-state index contributed by atoms with van der Waals surface area (Å²) in [4.78, 5) is 9.83. The predicted octanol–water partition coefficient (Wildman–Crippen LogP) is 2.66. The van der Waals surface area contributed by atoms with Gasteiger partial charge in [-0.15, -0.1) is 10.2 Å². The summed E-state index contributed by atoms with van der Waals surface area (Å²) in [5.74, 6) is 0.943. The average molecular weight is 577 g/mol.